The number of hydrogen-bond acceptors (Lipinski definition) is 5. The fraction of sp³-hybridized carbons (Fsp3) is 0.579. The van der Waals surface area contributed by atoms with Crippen LogP contribution in [-0.2, 0) is 19.4 Å². The van der Waals surface area contributed by atoms with Gasteiger partial charge in [0.25, 0.3) is 0 Å². The molecule has 2 amide bonds. The van der Waals surface area contributed by atoms with Crippen molar-refractivity contribution in [3.05, 3.63) is 18.2 Å². The van der Waals surface area contributed by atoms with Gasteiger partial charge in [-0.05, 0) is 31.0 Å². The smallest absolute Gasteiger partial charge is 0.234 e. The van der Waals surface area contributed by atoms with Crippen molar-refractivity contribution in [3.63, 3.8) is 0 Å². The molecule has 0 bridgehead atoms. The van der Waals surface area contributed by atoms with E-state index in [0.717, 1.165) is 30.6 Å². The van der Waals surface area contributed by atoms with Crippen molar-refractivity contribution in [1.82, 2.24) is 5.32 Å². The van der Waals surface area contributed by atoms with Crippen molar-refractivity contribution >= 4 is 39.1 Å². The maximum atomic E-state index is 12.8. The third kappa shape index (κ3) is 5.25. The third-order valence-electron chi connectivity index (χ3n) is 5.06. The zero-order valence-electron chi connectivity index (χ0n) is 15.5. The molecule has 148 valence electrons. The van der Waals surface area contributed by atoms with E-state index in [1.807, 2.05) is 0 Å². The number of hydrogen-bond donors (Lipinski definition) is 2. The van der Waals surface area contributed by atoms with Gasteiger partial charge in [-0.3, -0.25) is 9.59 Å². The number of nitrogens with one attached hydrogen (secondary N) is 2. The van der Waals surface area contributed by atoms with Crippen molar-refractivity contribution in [3.8, 4) is 0 Å². The lowest BCUT2D eigenvalue weighted by molar-refractivity contribution is -0.124. The number of anilines is 1. The van der Waals surface area contributed by atoms with Gasteiger partial charge in [0.05, 0.1) is 22.1 Å². The standard InChI is InChI=1S/C19H26N2O4S2/c1-13(19(23)20-14-6-4-2-3-5-7-14)12-27(24,25)15-8-9-17-16(10-15)21-18(22)11-26-17/h8-10,13-14H,2-7,11-12H2,1H3,(H,20,23)(H,21,22)/t13-/m0/s1. The lowest BCUT2D eigenvalue weighted by Crippen LogP contribution is -2.39. The van der Waals surface area contributed by atoms with Crippen LogP contribution >= 0.6 is 11.8 Å². The van der Waals surface area contributed by atoms with Gasteiger partial charge in [0.2, 0.25) is 11.8 Å². The minimum absolute atomic E-state index is 0.137. The number of amides is 2. The molecule has 0 unspecified atom stereocenters. The molecule has 0 spiro atoms. The predicted molar refractivity (Wildman–Crippen MR) is 107 cm³/mol. The number of fused-ring (bicyclic) bond motifs is 1. The summed E-state index contributed by atoms with van der Waals surface area (Å²) in [6, 6.07) is 4.91. The molecule has 1 fully saturated rings. The molecule has 0 saturated heterocycles. The Kier molecular flexibility index (Phi) is 6.47. The summed E-state index contributed by atoms with van der Waals surface area (Å²) in [6.45, 7) is 1.65. The van der Waals surface area contributed by atoms with E-state index in [2.05, 4.69) is 10.6 Å². The minimum atomic E-state index is -3.62. The minimum Gasteiger partial charge on any atom is -0.353 e. The highest BCUT2D eigenvalue weighted by Crippen LogP contribution is 2.33. The maximum absolute atomic E-state index is 12.8. The number of carbonyl (C=O) groups is 2. The van der Waals surface area contributed by atoms with E-state index in [0.29, 0.717) is 11.4 Å². The van der Waals surface area contributed by atoms with Gasteiger partial charge in [-0.1, -0.05) is 32.6 Å². The van der Waals surface area contributed by atoms with Crippen LogP contribution < -0.4 is 10.6 Å². The fourth-order valence-corrected chi connectivity index (χ4v) is 5.89. The van der Waals surface area contributed by atoms with Crippen molar-refractivity contribution in [2.45, 2.75) is 61.3 Å². The number of thioether (sulfide) groups is 1. The van der Waals surface area contributed by atoms with Gasteiger partial charge >= 0.3 is 0 Å². The molecular formula is C19H26N2O4S2. The first-order chi connectivity index (χ1) is 12.8. The lowest BCUT2D eigenvalue weighted by atomic mass is 10.1. The first-order valence-electron chi connectivity index (χ1n) is 9.45. The lowest BCUT2D eigenvalue weighted by Gasteiger charge is -2.20. The van der Waals surface area contributed by atoms with Crippen LogP contribution in [0.15, 0.2) is 28.0 Å². The molecule has 2 aliphatic rings. The summed E-state index contributed by atoms with van der Waals surface area (Å²) in [5.74, 6) is -0.883. The topological polar surface area (TPSA) is 92.3 Å². The average molecular weight is 411 g/mol. The molecule has 6 nitrogen and oxygen atoms in total. The molecule has 3 rings (SSSR count). The summed E-state index contributed by atoms with van der Waals surface area (Å²) < 4.78 is 25.5. The molecule has 1 heterocycles. The van der Waals surface area contributed by atoms with E-state index >= 15 is 0 Å². The van der Waals surface area contributed by atoms with Gasteiger partial charge in [0.1, 0.15) is 0 Å². The van der Waals surface area contributed by atoms with Gasteiger partial charge in [-0.15, -0.1) is 11.8 Å². The molecular weight excluding hydrogens is 384 g/mol. The van der Waals surface area contributed by atoms with Gasteiger partial charge < -0.3 is 10.6 Å². The molecule has 1 aromatic carbocycles. The van der Waals surface area contributed by atoms with Crippen LogP contribution in [0.4, 0.5) is 5.69 Å². The summed E-state index contributed by atoms with van der Waals surface area (Å²) in [5.41, 5.74) is 0.521. The van der Waals surface area contributed by atoms with Gasteiger partial charge in [-0.25, -0.2) is 8.42 Å². The quantitative estimate of drug-likeness (QED) is 0.728. The largest absolute Gasteiger partial charge is 0.353 e. The van der Waals surface area contributed by atoms with Crippen LogP contribution in [0.5, 0.6) is 0 Å². The first kappa shape index (κ1) is 20.2. The second-order valence-corrected chi connectivity index (χ2v) is 10.4. The Morgan fingerprint density at radius 3 is 2.67 bits per heavy atom. The Balaban J connectivity index is 1.65. The van der Waals surface area contributed by atoms with Crippen molar-refractivity contribution in [2.24, 2.45) is 5.92 Å². The fourth-order valence-electron chi connectivity index (χ4n) is 3.52. The summed E-state index contributed by atoms with van der Waals surface area (Å²) >= 11 is 1.39. The van der Waals surface area contributed by atoms with Gasteiger partial charge in [-0.2, -0.15) is 0 Å². The summed E-state index contributed by atoms with van der Waals surface area (Å²) in [5, 5.41) is 5.73. The van der Waals surface area contributed by atoms with Crippen molar-refractivity contribution < 1.29 is 18.0 Å². The van der Waals surface area contributed by atoms with Crippen LogP contribution in [0.3, 0.4) is 0 Å². The monoisotopic (exact) mass is 410 g/mol. The SMILES string of the molecule is C[C@@H](CS(=O)(=O)c1ccc2c(c1)NC(=O)CS2)C(=O)NC1CCCCCC1. The van der Waals surface area contributed by atoms with E-state index < -0.39 is 15.8 Å². The summed E-state index contributed by atoms with van der Waals surface area (Å²) in [7, 11) is -3.62. The number of carbonyl (C=O) groups excluding carboxylic acids is 2. The Bertz CT molecular complexity index is 815. The van der Waals surface area contributed by atoms with E-state index in [1.54, 1.807) is 19.1 Å². The van der Waals surface area contributed by atoms with Crippen LogP contribution in [0, 0.1) is 5.92 Å². The average Bonchev–Trinajstić information content (AvgIpc) is 2.89. The normalized spacial score (nSPS) is 19.5. The molecule has 27 heavy (non-hydrogen) atoms. The van der Waals surface area contributed by atoms with Crippen molar-refractivity contribution in [2.75, 3.05) is 16.8 Å². The number of rotatable bonds is 5. The highest BCUT2D eigenvalue weighted by atomic mass is 32.2. The predicted octanol–water partition coefficient (Wildman–Crippen LogP) is 2.98. The van der Waals surface area contributed by atoms with Gasteiger partial charge in [0, 0.05) is 16.9 Å². The summed E-state index contributed by atoms with van der Waals surface area (Å²) in [6.07, 6.45) is 6.54. The molecule has 2 N–H and O–H groups in total. The van der Waals surface area contributed by atoms with Crippen molar-refractivity contribution in [1.29, 1.82) is 0 Å². The molecule has 0 aromatic heterocycles. The number of sulfone groups is 1. The highest BCUT2D eigenvalue weighted by Gasteiger charge is 2.26. The molecule has 1 aliphatic heterocycles. The third-order valence-corrected chi connectivity index (χ3v) is 8.05. The van der Waals surface area contributed by atoms with Crippen LogP contribution in [0.2, 0.25) is 0 Å². The Morgan fingerprint density at radius 1 is 1.26 bits per heavy atom. The van der Waals surface area contributed by atoms with Crippen LogP contribution in [-0.4, -0.2) is 37.8 Å². The van der Waals surface area contributed by atoms with Gasteiger partial charge in [0.15, 0.2) is 9.84 Å². The Labute approximate surface area is 164 Å². The summed E-state index contributed by atoms with van der Waals surface area (Å²) in [4.78, 5) is 25.0. The van der Waals surface area contributed by atoms with E-state index in [1.165, 1.54) is 30.7 Å². The molecule has 1 aromatic rings. The second kappa shape index (κ2) is 8.65. The molecule has 8 heteroatoms. The second-order valence-electron chi connectivity index (χ2n) is 7.37. The van der Waals surface area contributed by atoms with E-state index in [4.69, 9.17) is 0 Å². The first-order valence-corrected chi connectivity index (χ1v) is 12.1. The van der Waals surface area contributed by atoms with E-state index in [9.17, 15) is 18.0 Å². The molecule has 1 saturated carbocycles. The highest BCUT2D eigenvalue weighted by molar-refractivity contribution is 8.00. The maximum Gasteiger partial charge on any atom is 0.234 e. The Morgan fingerprint density at radius 2 is 1.96 bits per heavy atom. The molecule has 1 atom stereocenters. The molecule has 0 radical (unpaired) electrons. The van der Waals surface area contributed by atoms with Crippen LogP contribution in [0.1, 0.15) is 45.4 Å². The van der Waals surface area contributed by atoms with E-state index in [-0.39, 0.29) is 28.5 Å². The zero-order chi connectivity index (χ0) is 19.4. The number of benzene rings is 1. The van der Waals surface area contributed by atoms with Crippen LogP contribution in [0.25, 0.3) is 0 Å². The Hall–Kier alpha value is -1.54. The molecule has 1 aliphatic carbocycles. The zero-order valence-corrected chi connectivity index (χ0v) is 17.1.